The van der Waals surface area contributed by atoms with Crippen molar-refractivity contribution >= 4 is 33.6 Å². The zero-order valence-electron chi connectivity index (χ0n) is 18.7. The Balaban J connectivity index is 1.33. The normalized spacial score (nSPS) is 14.1. The van der Waals surface area contributed by atoms with Gasteiger partial charge in [-0.15, -0.1) is 5.10 Å². The third kappa shape index (κ3) is 5.67. The summed E-state index contributed by atoms with van der Waals surface area (Å²) in [5.41, 5.74) is 1.54. The number of carbonyl (C=O) groups excluding carboxylic acids is 2. The lowest BCUT2D eigenvalue weighted by Crippen LogP contribution is -2.30. The molecular formula is C23H26N6O4S. The fraction of sp³-hybridized carbons (Fsp3) is 0.304. The monoisotopic (exact) mass is 482 g/mol. The number of benzene rings is 2. The summed E-state index contributed by atoms with van der Waals surface area (Å²) in [4.78, 5) is 30.4. The van der Waals surface area contributed by atoms with Gasteiger partial charge in [-0.25, -0.2) is 18.2 Å². The smallest absolute Gasteiger partial charge is 0.258 e. The van der Waals surface area contributed by atoms with Crippen LogP contribution in [0.15, 0.2) is 53.4 Å². The summed E-state index contributed by atoms with van der Waals surface area (Å²) < 4.78 is 27.5. The van der Waals surface area contributed by atoms with Crippen molar-refractivity contribution in [3.05, 3.63) is 65.2 Å². The maximum absolute atomic E-state index is 12.5. The number of hydrogen-bond acceptors (Lipinski definition) is 7. The number of anilines is 2. The Morgan fingerprint density at radius 2 is 1.62 bits per heavy atom. The van der Waals surface area contributed by atoms with E-state index in [1.165, 1.54) is 37.6 Å². The van der Waals surface area contributed by atoms with Crippen molar-refractivity contribution in [3.63, 3.8) is 0 Å². The third-order valence-electron chi connectivity index (χ3n) is 5.60. The SMILES string of the molecule is CC(=O)c1ccc(S(=O)(=O)NCc2ccc(C(=O)Nc3nc(N4CCCCC4)n[nH]3)cc2)cc1. The first kappa shape index (κ1) is 23.6. The highest BCUT2D eigenvalue weighted by molar-refractivity contribution is 7.89. The van der Waals surface area contributed by atoms with Crippen LogP contribution in [0.1, 0.15) is 52.5 Å². The van der Waals surface area contributed by atoms with Gasteiger partial charge in [-0.2, -0.15) is 4.98 Å². The van der Waals surface area contributed by atoms with Crippen molar-refractivity contribution in [3.8, 4) is 0 Å². The average Bonchev–Trinajstić information content (AvgIpc) is 3.32. The fourth-order valence-corrected chi connectivity index (χ4v) is 4.65. The molecule has 2 heterocycles. The number of sulfonamides is 1. The van der Waals surface area contributed by atoms with Crippen molar-refractivity contribution < 1.29 is 18.0 Å². The number of Topliss-reactive ketones (excluding diaryl/α,β-unsaturated/α-hetero) is 1. The molecule has 0 unspecified atom stereocenters. The second kappa shape index (κ2) is 10.1. The molecule has 34 heavy (non-hydrogen) atoms. The van der Waals surface area contributed by atoms with Crippen LogP contribution in [0.2, 0.25) is 0 Å². The van der Waals surface area contributed by atoms with Gasteiger partial charge in [-0.05, 0) is 56.0 Å². The summed E-state index contributed by atoms with van der Waals surface area (Å²) in [6.45, 7) is 3.28. The highest BCUT2D eigenvalue weighted by Gasteiger charge is 2.17. The van der Waals surface area contributed by atoms with E-state index in [9.17, 15) is 18.0 Å². The minimum Gasteiger partial charge on any atom is -0.340 e. The number of rotatable bonds is 8. The summed E-state index contributed by atoms with van der Waals surface area (Å²) >= 11 is 0. The van der Waals surface area contributed by atoms with Gasteiger partial charge >= 0.3 is 0 Å². The van der Waals surface area contributed by atoms with Crippen LogP contribution in [0.5, 0.6) is 0 Å². The van der Waals surface area contributed by atoms with Crippen LogP contribution >= 0.6 is 0 Å². The van der Waals surface area contributed by atoms with Crippen molar-refractivity contribution in [2.75, 3.05) is 23.3 Å². The molecular weight excluding hydrogens is 456 g/mol. The lowest BCUT2D eigenvalue weighted by molar-refractivity contribution is 0.101. The Morgan fingerprint density at radius 1 is 0.971 bits per heavy atom. The number of piperidine rings is 1. The van der Waals surface area contributed by atoms with Crippen LogP contribution in [-0.4, -0.2) is 48.4 Å². The largest absolute Gasteiger partial charge is 0.340 e. The lowest BCUT2D eigenvalue weighted by atomic mass is 10.1. The van der Waals surface area contributed by atoms with Crippen molar-refractivity contribution in [1.29, 1.82) is 0 Å². The van der Waals surface area contributed by atoms with Gasteiger partial charge in [0.15, 0.2) is 5.78 Å². The van der Waals surface area contributed by atoms with Gasteiger partial charge in [0.25, 0.3) is 5.91 Å². The van der Waals surface area contributed by atoms with Crippen LogP contribution in [0, 0.1) is 0 Å². The number of aromatic nitrogens is 3. The van der Waals surface area contributed by atoms with Gasteiger partial charge in [-0.1, -0.05) is 24.3 Å². The Morgan fingerprint density at radius 3 is 2.26 bits per heavy atom. The lowest BCUT2D eigenvalue weighted by Gasteiger charge is -2.24. The first-order chi connectivity index (χ1) is 16.3. The Labute approximate surface area is 197 Å². The maximum atomic E-state index is 12.5. The molecule has 4 rings (SSSR count). The molecule has 10 nitrogen and oxygen atoms in total. The highest BCUT2D eigenvalue weighted by atomic mass is 32.2. The van der Waals surface area contributed by atoms with Gasteiger partial charge < -0.3 is 4.90 Å². The number of nitrogens with one attached hydrogen (secondary N) is 3. The molecule has 1 fully saturated rings. The van der Waals surface area contributed by atoms with Crippen LogP contribution < -0.4 is 14.9 Å². The standard InChI is InChI=1S/C23H26N6O4S/c1-16(30)18-9-11-20(12-10-18)34(32,33)24-15-17-5-7-19(8-6-17)21(31)25-22-26-23(28-27-22)29-13-3-2-4-14-29/h5-12,24H,2-4,13-15H2,1H3,(H2,25,26,27,28,31). The molecule has 0 bridgehead atoms. The predicted molar refractivity (Wildman–Crippen MR) is 127 cm³/mol. The minimum absolute atomic E-state index is 0.0555. The molecule has 3 aromatic rings. The molecule has 0 radical (unpaired) electrons. The highest BCUT2D eigenvalue weighted by Crippen LogP contribution is 2.17. The number of hydrogen-bond donors (Lipinski definition) is 3. The van der Waals surface area contributed by atoms with Gasteiger partial charge in [0, 0.05) is 30.8 Å². The molecule has 1 aromatic heterocycles. The number of ketones is 1. The van der Waals surface area contributed by atoms with E-state index < -0.39 is 10.0 Å². The van der Waals surface area contributed by atoms with Gasteiger partial charge in [0.1, 0.15) is 0 Å². The Bertz CT molecular complexity index is 1260. The quantitative estimate of drug-likeness (QED) is 0.420. The summed E-state index contributed by atoms with van der Waals surface area (Å²) in [6.07, 6.45) is 3.41. The average molecular weight is 483 g/mol. The number of carbonyl (C=O) groups is 2. The molecule has 3 N–H and O–H groups in total. The van der Waals surface area contributed by atoms with E-state index in [2.05, 4.69) is 30.1 Å². The van der Waals surface area contributed by atoms with Gasteiger partial charge in [-0.3, -0.25) is 14.9 Å². The van der Waals surface area contributed by atoms with E-state index >= 15 is 0 Å². The van der Waals surface area contributed by atoms with Crippen molar-refractivity contribution in [2.45, 2.75) is 37.6 Å². The molecule has 0 spiro atoms. The van der Waals surface area contributed by atoms with Gasteiger partial charge in [0.05, 0.1) is 4.90 Å². The van der Waals surface area contributed by atoms with E-state index in [4.69, 9.17) is 0 Å². The molecule has 0 atom stereocenters. The second-order valence-corrected chi connectivity index (χ2v) is 9.85. The third-order valence-corrected chi connectivity index (χ3v) is 7.02. The molecule has 1 aliphatic rings. The van der Waals surface area contributed by atoms with E-state index in [1.807, 2.05) is 0 Å². The summed E-state index contributed by atoms with van der Waals surface area (Å²) in [5, 5.41) is 9.62. The second-order valence-electron chi connectivity index (χ2n) is 8.09. The van der Waals surface area contributed by atoms with Crippen LogP contribution in [-0.2, 0) is 16.6 Å². The van der Waals surface area contributed by atoms with Crippen molar-refractivity contribution in [2.24, 2.45) is 0 Å². The maximum Gasteiger partial charge on any atom is 0.258 e. The number of amides is 1. The first-order valence-corrected chi connectivity index (χ1v) is 12.5. The van der Waals surface area contributed by atoms with Crippen LogP contribution in [0.3, 0.4) is 0 Å². The van der Waals surface area contributed by atoms with E-state index in [-0.39, 0.29) is 29.1 Å². The minimum atomic E-state index is -3.74. The Kier molecular flexibility index (Phi) is 7.03. The van der Waals surface area contributed by atoms with E-state index in [1.54, 1.807) is 24.3 Å². The number of aromatic amines is 1. The zero-order chi connectivity index (χ0) is 24.1. The predicted octanol–water partition coefficient (Wildman–Crippen LogP) is 2.73. The topological polar surface area (TPSA) is 137 Å². The van der Waals surface area contributed by atoms with E-state index in [0.29, 0.717) is 22.6 Å². The van der Waals surface area contributed by atoms with Crippen LogP contribution in [0.25, 0.3) is 0 Å². The zero-order valence-corrected chi connectivity index (χ0v) is 19.6. The molecule has 1 aliphatic heterocycles. The molecule has 2 aromatic carbocycles. The fourth-order valence-electron chi connectivity index (χ4n) is 3.63. The molecule has 0 saturated carbocycles. The number of nitrogens with zero attached hydrogens (tertiary/aromatic N) is 3. The summed E-state index contributed by atoms with van der Waals surface area (Å²) in [5.74, 6) is 0.373. The molecule has 1 saturated heterocycles. The number of H-pyrrole nitrogens is 1. The van der Waals surface area contributed by atoms with Crippen LogP contribution in [0.4, 0.5) is 11.9 Å². The molecule has 178 valence electrons. The molecule has 11 heteroatoms. The molecule has 1 amide bonds. The summed E-state index contributed by atoms with van der Waals surface area (Å²) in [6, 6.07) is 12.3. The van der Waals surface area contributed by atoms with E-state index in [0.717, 1.165) is 25.9 Å². The van der Waals surface area contributed by atoms with Gasteiger partial charge in [0.2, 0.25) is 21.9 Å². The molecule has 0 aliphatic carbocycles. The Hall–Kier alpha value is -3.57. The first-order valence-electron chi connectivity index (χ1n) is 11.0. The summed E-state index contributed by atoms with van der Waals surface area (Å²) in [7, 11) is -3.74. The van der Waals surface area contributed by atoms with Crippen molar-refractivity contribution in [1.82, 2.24) is 19.9 Å².